The van der Waals surface area contributed by atoms with Crippen molar-refractivity contribution in [2.24, 2.45) is 11.8 Å². The topological polar surface area (TPSA) is 53.8 Å². The smallest absolute Gasteiger partial charge is 0.275 e. The van der Waals surface area contributed by atoms with Crippen LogP contribution in [0.15, 0.2) is 21.6 Å². The molecule has 0 aliphatic heterocycles. The van der Waals surface area contributed by atoms with E-state index in [1.807, 2.05) is 0 Å². The van der Waals surface area contributed by atoms with E-state index in [0.29, 0.717) is 24.1 Å². The molecule has 5 nitrogen and oxygen atoms in total. The zero-order valence-corrected chi connectivity index (χ0v) is 14.8. The predicted molar refractivity (Wildman–Crippen MR) is 84.5 cm³/mol. The molecule has 0 amide bonds. The molecule has 1 aromatic rings. The zero-order valence-electron chi connectivity index (χ0n) is 14.0. The number of furan rings is 1. The number of sulfonamides is 1. The lowest BCUT2D eigenvalue weighted by Crippen LogP contribution is -2.30. The van der Waals surface area contributed by atoms with Crippen molar-refractivity contribution in [3.8, 4) is 0 Å². The first-order chi connectivity index (χ1) is 9.62. The number of hydrogen-bond acceptors (Lipinski definition) is 4. The van der Waals surface area contributed by atoms with E-state index >= 15 is 0 Å². The maximum Gasteiger partial charge on any atom is 0.275 e. The van der Waals surface area contributed by atoms with Crippen LogP contribution >= 0.6 is 0 Å². The lowest BCUT2D eigenvalue weighted by molar-refractivity contribution is 0.192. The highest BCUT2D eigenvalue weighted by Crippen LogP contribution is 2.19. The molecule has 1 heterocycles. The third kappa shape index (κ3) is 5.45. The average molecular weight is 316 g/mol. The Bertz CT molecular complexity index is 523. The van der Waals surface area contributed by atoms with Crippen molar-refractivity contribution in [2.75, 3.05) is 27.2 Å². The maximum absolute atomic E-state index is 12.0. The Kier molecular flexibility index (Phi) is 6.43. The second-order valence-electron chi connectivity index (χ2n) is 6.49. The lowest BCUT2D eigenvalue weighted by Gasteiger charge is -2.25. The van der Waals surface area contributed by atoms with E-state index in [0.717, 1.165) is 17.4 Å². The summed E-state index contributed by atoms with van der Waals surface area (Å²) in [6, 6.07) is 3.29. The van der Waals surface area contributed by atoms with Crippen LogP contribution in [0.3, 0.4) is 0 Å². The van der Waals surface area contributed by atoms with E-state index in [4.69, 9.17) is 4.42 Å². The molecule has 0 saturated carbocycles. The van der Waals surface area contributed by atoms with Crippen LogP contribution in [0.2, 0.25) is 0 Å². The van der Waals surface area contributed by atoms with Crippen LogP contribution in [0.25, 0.3) is 0 Å². The van der Waals surface area contributed by atoms with Gasteiger partial charge in [0.2, 0.25) is 5.09 Å². The van der Waals surface area contributed by atoms with E-state index in [9.17, 15) is 8.42 Å². The second kappa shape index (κ2) is 7.42. The van der Waals surface area contributed by atoms with E-state index < -0.39 is 10.0 Å². The summed E-state index contributed by atoms with van der Waals surface area (Å²) in [6.45, 7) is 11.3. The first-order valence-corrected chi connectivity index (χ1v) is 8.80. The molecule has 1 rings (SSSR count). The number of rotatable bonds is 8. The molecule has 0 radical (unpaired) electrons. The van der Waals surface area contributed by atoms with Gasteiger partial charge in [-0.05, 0) is 24.0 Å². The van der Waals surface area contributed by atoms with Gasteiger partial charge in [0.25, 0.3) is 10.0 Å². The Hall–Kier alpha value is -0.850. The fourth-order valence-electron chi connectivity index (χ4n) is 2.22. The second-order valence-corrected chi connectivity index (χ2v) is 8.57. The summed E-state index contributed by atoms with van der Waals surface area (Å²) in [4.78, 5) is 2.31. The van der Waals surface area contributed by atoms with E-state index in [1.54, 1.807) is 6.07 Å². The largest absolute Gasteiger partial charge is 0.447 e. The summed E-state index contributed by atoms with van der Waals surface area (Å²) in [7, 11) is -0.487. The highest BCUT2D eigenvalue weighted by atomic mass is 32.2. The maximum atomic E-state index is 12.0. The zero-order chi connectivity index (χ0) is 16.2. The minimum atomic E-state index is -3.49. The molecule has 1 aromatic heterocycles. The molecular weight excluding hydrogens is 288 g/mol. The molecule has 0 N–H and O–H groups in total. The number of nitrogens with zero attached hydrogens (tertiary/aromatic N) is 2. The molecule has 0 aliphatic rings. The summed E-state index contributed by atoms with van der Waals surface area (Å²) < 4.78 is 30.7. The Morgan fingerprint density at radius 3 is 2.00 bits per heavy atom. The molecule has 0 fully saturated rings. The van der Waals surface area contributed by atoms with Gasteiger partial charge in [0.05, 0.1) is 6.54 Å². The van der Waals surface area contributed by atoms with Crippen LogP contribution < -0.4 is 0 Å². The molecule has 0 saturated heterocycles. The molecule has 0 bridgehead atoms. The fourth-order valence-corrected chi connectivity index (χ4v) is 3.03. The summed E-state index contributed by atoms with van der Waals surface area (Å²) in [5.74, 6) is 1.81. The highest BCUT2D eigenvalue weighted by Gasteiger charge is 2.22. The van der Waals surface area contributed by atoms with Gasteiger partial charge in [0, 0.05) is 27.2 Å². The third-order valence-electron chi connectivity index (χ3n) is 3.00. The van der Waals surface area contributed by atoms with Crippen LogP contribution in [0.5, 0.6) is 0 Å². The molecular formula is C15H28N2O3S. The van der Waals surface area contributed by atoms with Crippen LogP contribution in [0.1, 0.15) is 33.5 Å². The summed E-state index contributed by atoms with van der Waals surface area (Å²) >= 11 is 0. The summed E-state index contributed by atoms with van der Waals surface area (Å²) in [6.07, 6.45) is 0. The van der Waals surface area contributed by atoms with Gasteiger partial charge in [-0.2, -0.15) is 0 Å². The van der Waals surface area contributed by atoms with Gasteiger partial charge in [0.15, 0.2) is 0 Å². The summed E-state index contributed by atoms with van der Waals surface area (Å²) in [5, 5.41) is 0.0107. The monoisotopic (exact) mass is 316 g/mol. The Morgan fingerprint density at radius 2 is 1.57 bits per heavy atom. The van der Waals surface area contributed by atoms with Crippen LogP contribution in [-0.4, -0.2) is 44.8 Å². The van der Waals surface area contributed by atoms with Gasteiger partial charge in [-0.25, -0.2) is 12.7 Å². The molecule has 0 atom stereocenters. The van der Waals surface area contributed by atoms with Crippen molar-refractivity contribution in [3.05, 3.63) is 17.9 Å². The summed E-state index contributed by atoms with van der Waals surface area (Å²) in [5.41, 5.74) is 0. The standard InChI is InChI=1S/C15H28N2O3S/c1-12(2)9-17(10-13(3)4)11-14-7-8-15(20-14)21(18,19)16(5)6/h7-8,12-13H,9-11H2,1-6H3. The quantitative estimate of drug-likeness (QED) is 0.740. The Balaban J connectivity index is 2.84. The van der Waals surface area contributed by atoms with Crippen molar-refractivity contribution in [1.82, 2.24) is 9.21 Å². The average Bonchev–Trinajstić information content (AvgIpc) is 2.75. The van der Waals surface area contributed by atoms with Gasteiger partial charge in [-0.3, -0.25) is 4.90 Å². The Morgan fingerprint density at radius 1 is 1.05 bits per heavy atom. The van der Waals surface area contributed by atoms with Crippen molar-refractivity contribution >= 4 is 10.0 Å². The van der Waals surface area contributed by atoms with Crippen LogP contribution in [-0.2, 0) is 16.6 Å². The normalized spacial score (nSPS) is 13.0. The Labute approximate surface area is 129 Å². The molecule has 21 heavy (non-hydrogen) atoms. The van der Waals surface area contributed by atoms with Gasteiger partial charge in [0.1, 0.15) is 5.76 Å². The highest BCUT2D eigenvalue weighted by molar-refractivity contribution is 7.88. The van der Waals surface area contributed by atoms with Crippen molar-refractivity contribution < 1.29 is 12.8 Å². The van der Waals surface area contributed by atoms with E-state index in [-0.39, 0.29) is 5.09 Å². The molecule has 0 aliphatic carbocycles. The first kappa shape index (κ1) is 18.2. The van der Waals surface area contributed by atoms with E-state index in [2.05, 4.69) is 32.6 Å². The third-order valence-corrected chi connectivity index (χ3v) is 4.69. The minimum absolute atomic E-state index is 0.0107. The van der Waals surface area contributed by atoms with Crippen LogP contribution in [0, 0.1) is 11.8 Å². The van der Waals surface area contributed by atoms with Gasteiger partial charge in [-0.15, -0.1) is 0 Å². The molecule has 122 valence electrons. The van der Waals surface area contributed by atoms with Gasteiger partial charge in [-0.1, -0.05) is 27.7 Å². The van der Waals surface area contributed by atoms with Gasteiger partial charge >= 0.3 is 0 Å². The van der Waals surface area contributed by atoms with Crippen molar-refractivity contribution in [2.45, 2.75) is 39.3 Å². The molecule has 0 spiro atoms. The van der Waals surface area contributed by atoms with Crippen molar-refractivity contribution in [1.29, 1.82) is 0 Å². The van der Waals surface area contributed by atoms with Crippen molar-refractivity contribution in [3.63, 3.8) is 0 Å². The molecule has 0 unspecified atom stereocenters. The minimum Gasteiger partial charge on any atom is -0.447 e. The number of hydrogen-bond donors (Lipinski definition) is 0. The fraction of sp³-hybridized carbons (Fsp3) is 0.733. The molecule has 6 heteroatoms. The van der Waals surface area contributed by atoms with Gasteiger partial charge < -0.3 is 4.42 Å². The SMILES string of the molecule is CC(C)CN(Cc1ccc(S(=O)(=O)N(C)C)o1)CC(C)C. The lowest BCUT2D eigenvalue weighted by atomic mass is 10.1. The van der Waals surface area contributed by atoms with E-state index in [1.165, 1.54) is 20.2 Å². The van der Waals surface area contributed by atoms with Crippen LogP contribution in [0.4, 0.5) is 0 Å². The predicted octanol–water partition coefficient (Wildman–Crippen LogP) is 2.64. The molecule has 0 aromatic carbocycles. The first-order valence-electron chi connectivity index (χ1n) is 7.36.